The molecule has 0 saturated heterocycles. The second kappa shape index (κ2) is 9.12. The summed E-state index contributed by atoms with van der Waals surface area (Å²) >= 11 is 7.60. The first-order valence-electron chi connectivity index (χ1n) is 10.2. The number of H-pyrrole nitrogens is 1. The molecule has 2 aromatic carbocycles. The van der Waals surface area contributed by atoms with Crippen LogP contribution in [0.3, 0.4) is 0 Å². The van der Waals surface area contributed by atoms with Crippen molar-refractivity contribution in [2.24, 2.45) is 5.92 Å². The Bertz CT molecular complexity index is 1200. The number of carbonyl (C=O) groups is 1. The van der Waals surface area contributed by atoms with Gasteiger partial charge in [0.05, 0.1) is 11.6 Å². The van der Waals surface area contributed by atoms with Crippen LogP contribution in [0.4, 0.5) is 5.13 Å². The van der Waals surface area contributed by atoms with E-state index in [-0.39, 0.29) is 0 Å². The lowest BCUT2D eigenvalue weighted by Gasteiger charge is -2.12. The first kappa shape index (κ1) is 21.4. The number of carboxylic acids is 1. The molecule has 3 N–H and O–H groups in total. The second-order valence-corrected chi connectivity index (χ2v) is 9.34. The van der Waals surface area contributed by atoms with Crippen LogP contribution in [0.5, 0.6) is 0 Å². The fraction of sp³-hybridized carbons (Fsp3) is 0.250. The number of aliphatic carboxylic acids is 1. The molecule has 0 fully saturated rings. The summed E-state index contributed by atoms with van der Waals surface area (Å²) in [4.78, 5) is 21.1. The van der Waals surface area contributed by atoms with Crippen molar-refractivity contribution in [3.63, 3.8) is 0 Å². The summed E-state index contributed by atoms with van der Waals surface area (Å²) in [5, 5.41) is 15.6. The molecule has 0 bridgehead atoms. The van der Waals surface area contributed by atoms with Gasteiger partial charge in [0.1, 0.15) is 0 Å². The SMILES string of the molecule is CC(C)c1sc(NCC(Cc2c[nH]c3ccccc23)C(=O)O)nc1-c1ccc(Cl)cc1. The van der Waals surface area contributed by atoms with Crippen LogP contribution in [0.15, 0.2) is 54.7 Å². The summed E-state index contributed by atoms with van der Waals surface area (Å²) in [7, 11) is 0. The Morgan fingerprint density at radius 1 is 1.19 bits per heavy atom. The van der Waals surface area contributed by atoms with Gasteiger partial charge in [0.2, 0.25) is 0 Å². The molecular weight excluding hydrogens is 430 g/mol. The maximum absolute atomic E-state index is 11.9. The quantitative estimate of drug-likeness (QED) is 0.287. The number of anilines is 1. The van der Waals surface area contributed by atoms with Gasteiger partial charge in [-0.2, -0.15) is 0 Å². The number of nitrogens with one attached hydrogen (secondary N) is 2. The number of carboxylic acid groups (broad SMARTS) is 1. The van der Waals surface area contributed by atoms with E-state index >= 15 is 0 Å². The molecule has 2 heterocycles. The van der Waals surface area contributed by atoms with E-state index in [1.165, 1.54) is 0 Å². The van der Waals surface area contributed by atoms with Crippen LogP contribution in [0.2, 0.25) is 5.02 Å². The fourth-order valence-corrected chi connectivity index (χ4v) is 4.76. The zero-order valence-electron chi connectivity index (χ0n) is 17.4. The maximum atomic E-state index is 11.9. The van der Waals surface area contributed by atoms with Gasteiger partial charge in [-0.15, -0.1) is 11.3 Å². The topological polar surface area (TPSA) is 78.0 Å². The van der Waals surface area contributed by atoms with Gasteiger partial charge in [0.15, 0.2) is 5.13 Å². The molecule has 0 amide bonds. The Labute approximate surface area is 190 Å². The van der Waals surface area contributed by atoms with E-state index in [9.17, 15) is 9.90 Å². The highest BCUT2D eigenvalue weighted by atomic mass is 35.5. The Morgan fingerprint density at radius 2 is 1.94 bits per heavy atom. The number of fused-ring (bicyclic) bond motifs is 1. The summed E-state index contributed by atoms with van der Waals surface area (Å²) in [6.45, 7) is 4.57. The lowest BCUT2D eigenvalue weighted by molar-refractivity contribution is -0.141. The van der Waals surface area contributed by atoms with Crippen LogP contribution in [0.25, 0.3) is 22.2 Å². The Morgan fingerprint density at radius 3 is 2.65 bits per heavy atom. The molecule has 7 heteroatoms. The molecule has 0 aliphatic heterocycles. The van der Waals surface area contributed by atoms with Crippen molar-refractivity contribution in [3.8, 4) is 11.3 Å². The minimum absolute atomic E-state index is 0.306. The summed E-state index contributed by atoms with van der Waals surface area (Å²) in [5.41, 5.74) is 3.95. The van der Waals surface area contributed by atoms with Crippen LogP contribution < -0.4 is 5.32 Å². The largest absolute Gasteiger partial charge is 0.481 e. The molecule has 0 aliphatic carbocycles. The maximum Gasteiger partial charge on any atom is 0.308 e. The summed E-state index contributed by atoms with van der Waals surface area (Å²) in [6.07, 6.45) is 2.35. The number of nitrogens with zero attached hydrogens (tertiary/aromatic N) is 1. The van der Waals surface area contributed by atoms with Gasteiger partial charge in [-0.05, 0) is 36.1 Å². The minimum atomic E-state index is -0.823. The van der Waals surface area contributed by atoms with E-state index in [0.29, 0.717) is 23.9 Å². The van der Waals surface area contributed by atoms with Gasteiger partial charge >= 0.3 is 5.97 Å². The third-order valence-corrected chi connectivity index (χ3v) is 6.85. The van der Waals surface area contributed by atoms with Gasteiger partial charge in [-0.25, -0.2) is 4.98 Å². The predicted octanol–water partition coefficient (Wildman–Crippen LogP) is 6.42. The zero-order valence-corrected chi connectivity index (χ0v) is 18.9. The monoisotopic (exact) mass is 453 g/mol. The van der Waals surface area contributed by atoms with Crippen molar-refractivity contribution >= 4 is 44.9 Å². The van der Waals surface area contributed by atoms with Crippen molar-refractivity contribution in [1.29, 1.82) is 0 Å². The first-order chi connectivity index (χ1) is 14.9. The second-order valence-electron chi connectivity index (χ2n) is 7.87. The van der Waals surface area contributed by atoms with Gasteiger partial charge in [-0.3, -0.25) is 4.79 Å². The molecule has 1 unspecified atom stereocenters. The summed E-state index contributed by atoms with van der Waals surface area (Å²) in [5.74, 6) is -1.08. The van der Waals surface area contributed by atoms with E-state index < -0.39 is 11.9 Å². The molecule has 0 radical (unpaired) electrons. The number of hydrogen-bond donors (Lipinski definition) is 3. The molecule has 1 atom stereocenters. The van der Waals surface area contributed by atoms with Crippen molar-refractivity contribution in [2.45, 2.75) is 26.2 Å². The Balaban J connectivity index is 1.53. The molecule has 160 valence electrons. The molecule has 0 spiro atoms. The highest BCUT2D eigenvalue weighted by Crippen LogP contribution is 2.36. The number of rotatable bonds is 8. The molecule has 4 rings (SSSR count). The van der Waals surface area contributed by atoms with Gasteiger partial charge < -0.3 is 15.4 Å². The molecule has 4 aromatic rings. The van der Waals surface area contributed by atoms with Gasteiger partial charge in [-0.1, -0.05) is 55.8 Å². The van der Waals surface area contributed by atoms with E-state index in [0.717, 1.165) is 37.7 Å². The van der Waals surface area contributed by atoms with Crippen molar-refractivity contribution in [3.05, 3.63) is 70.2 Å². The molecule has 31 heavy (non-hydrogen) atoms. The molecule has 5 nitrogen and oxygen atoms in total. The molecule has 2 aromatic heterocycles. The van der Waals surface area contributed by atoms with E-state index in [4.69, 9.17) is 16.6 Å². The van der Waals surface area contributed by atoms with Gasteiger partial charge in [0.25, 0.3) is 0 Å². The van der Waals surface area contributed by atoms with Gasteiger partial charge in [0, 0.05) is 39.1 Å². The summed E-state index contributed by atoms with van der Waals surface area (Å²) in [6, 6.07) is 15.6. The number of aromatic nitrogens is 2. The summed E-state index contributed by atoms with van der Waals surface area (Å²) < 4.78 is 0. The number of hydrogen-bond acceptors (Lipinski definition) is 4. The Hall–Kier alpha value is -2.83. The van der Waals surface area contributed by atoms with Crippen LogP contribution in [-0.2, 0) is 11.2 Å². The van der Waals surface area contributed by atoms with Crippen molar-refractivity contribution in [1.82, 2.24) is 9.97 Å². The normalized spacial score (nSPS) is 12.4. The average molecular weight is 454 g/mol. The van der Waals surface area contributed by atoms with Crippen LogP contribution >= 0.6 is 22.9 Å². The van der Waals surface area contributed by atoms with Crippen LogP contribution in [0, 0.1) is 5.92 Å². The highest BCUT2D eigenvalue weighted by molar-refractivity contribution is 7.16. The van der Waals surface area contributed by atoms with Crippen LogP contribution in [0.1, 0.15) is 30.2 Å². The predicted molar refractivity (Wildman–Crippen MR) is 128 cm³/mol. The number of aromatic amines is 1. The third kappa shape index (κ3) is 4.75. The lowest BCUT2D eigenvalue weighted by atomic mass is 9.99. The van der Waals surface area contributed by atoms with Crippen molar-refractivity contribution in [2.75, 3.05) is 11.9 Å². The molecule has 0 aliphatic rings. The number of benzene rings is 2. The zero-order chi connectivity index (χ0) is 22.0. The third-order valence-electron chi connectivity index (χ3n) is 5.29. The van der Waals surface area contributed by atoms with Crippen molar-refractivity contribution < 1.29 is 9.90 Å². The smallest absolute Gasteiger partial charge is 0.308 e. The Kier molecular flexibility index (Phi) is 6.30. The average Bonchev–Trinajstić information content (AvgIpc) is 3.36. The van der Waals surface area contributed by atoms with E-state index in [1.807, 2.05) is 54.7 Å². The lowest BCUT2D eigenvalue weighted by Crippen LogP contribution is -2.25. The number of halogens is 1. The standard InChI is InChI=1S/C24H24ClN3O2S/c1-14(2)22-21(15-7-9-18(25)10-8-15)28-24(31-22)27-13-17(23(29)30)11-16-12-26-20-6-4-3-5-19(16)20/h3-10,12,14,17,26H,11,13H2,1-2H3,(H,27,28)(H,29,30). The fourth-order valence-electron chi connectivity index (χ4n) is 3.64. The van der Waals surface area contributed by atoms with E-state index in [2.05, 4.69) is 24.1 Å². The number of thiazole rings is 1. The van der Waals surface area contributed by atoms with Crippen LogP contribution in [-0.4, -0.2) is 27.6 Å². The highest BCUT2D eigenvalue weighted by Gasteiger charge is 2.22. The molecular formula is C24H24ClN3O2S. The van der Waals surface area contributed by atoms with E-state index in [1.54, 1.807) is 11.3 Å². The molecule has 0 saturated carbocycles. The minimum Gasteiger partial charge on any atom is -0.481 e. The first-order valence-corrected chi connectivity index (χ1v) is 11.4. The number of para-hydroxylation sites is 1.